The van der Waals surface area contributed by atoms with Gasteiger partial charge in [-0.05, 0) is 29.2 Å². The third kappa shape index (κ3) is 2.46. The maximum atomic E-state index is 13.8. The summed E-state index contributed by atoms with van der Waals surface area (Å²) in [5, 5.41) is 0. The first kappa shape index (κ1) is 16.3. The Morgan fingerprint density at radius 1 is 0.846 bits per heavy atom. The maximum absolute atomic E-state index is 13.8. The summed E-state index contributed by atoms with van der Waals surface area (Å²) in [5.41, 5.74) is 3.50. The summed E-state index contributed by atoms with van der Waals surface area (Å²) in [6.07, 6.45) is 2.44. The number of rotatable bonds is 5. The van der Waals surface area contributed by atoms with E-state index in [2.05, 4.69) is 24.8 Å². The fourth-order valence-electron chi connectivity index (χ4n) is 3.98. The quantitative estimate of drug-likeness (QED) is 0.593. The van der Waals surface area contributed by atoms with Gasteiger partial charge in [0.2, 0.25) is 5.91 Å². The molecule has 0 spiro atoms. The van der Waals surface area contributed by atoms with E-state index in [4.69, 9.17) is 0 Å². The minimum absolute atomic E-state index is 0.119. The first-order chi connectivity index (χ1) is 12.8. The Labute approximate surface area is 154 Å². The highest BCUT2D eigenvalue weighted by Gasteiger charge is 2.50. The lowest BCUT2D eigenvalue weighted by Gasteiger charge is -2.28. The van der Waals surface area contributed by atoms with Crippen LogP contribution in [0.3, 0.4) is 0 Å². The van der Waals surface area contributed by atoms with Gasteiger partial charge in [-0.3, -0.25) is 4.79 Å². The monoisotopic (exact) mass is 339 g/mol. The topological polar surface area (TPSA) is 20.3 Å². The van der Waals surface area contributed by atoms with Crippen LogP contribution in [0.5, 0.6) is 0 Å². The molecule has 0 radical (unpaired) electrons. The minimum Gasteiger partial charge on any atom is -0.307 e. The van der Waals surface area contributed by atoms with Gasteiger partial charge in [0.1, 0.15) is 5.41 Å². The van der Waals surface area contributed by atoms with Crippen molar-refractivity contribution in [1.29, 1.82) is 0 Å². The molecule has 0 aliphatic carbocycles. The molecule has 0 N–H and O–H groups in total. The van der Waals surface area contributed by atoms with Gasteiger partial charge in [-0.1, -0.05) is 84.9 Å². The largest absolute Gasteiger partial charge is 0.307 e. The summed E-state index contributed by atoms with van der Waals surface area (Å²) in [6, 6.07) is 28.3. The van der Waals surface area contributed by atoms with Crippen LogP contribution in [0.25, 0.3) is 0 Å². The number of allylic oxidation sites excluding steroid dienone is 1. The molecule has 26 heavy (non-hydrogen) atoms. The Balaban J connectivity index is 1.88. The first-order valence-corrected chi connectivity index (χ1v) is 8.89. The second-order valence-electron chi connectivity index (χ2n) is 6.66. The standard InChI is InChI=1S/C24H21NO/c1-2-17-24(20-13-7-4-8-14-20)21-15-9-10-16-22(21)25(23(24)26)18-19-11-5-3-6-12-19/h2-16H,1,17-18H2/t24-/m1/s1. The van der Waals surface area contributed by atoms with Gasteiger partial charge in [0.25, 0.3) is 0 Å². The van der Waals surface area contributed by atoms with Gasteiger partial charge in [-0.2, -0.15) is 0 Å². The van der Waals surface area contributed by atoms with Crippen molar-refractivity contribution >= 4 is 11.6 Å². The number of hydrogen-bond donors (Lipinski definition) is 0. The molecule has 3 aromatic carbocycles. The van der Waals surface area contributed by atoms with Crippen molar-refractivity contribution in [2.24, 2.45) is 0 Å². The van der Waals surface area contributed by atoms with E-state index in [1.807, 2.05) is 77.7 Å². The predicted octanol–water partition coefficient (Wildman–Crippen LogP) is 5.10. The summed E-state index contributed by atoms with van der Waals surface area (Å²) < 4.78 is 0. The molecule has 0 aromatic heterocycles. The molecule has 0 bridgehead atoms. The number of anilines is 1. The third-order valence-electron chi connectivity index (χ3n) is 5.17. The van der Waals surface area contributed by atoms with Gasteiger partial charge in [0.05, 0.1) is 6.54 Å². The Hall–Kier alpha value is -3.13. The lowest BCUT2D eigenvalue weighted by atomic mass is 9.73. The van der Waals surface area contributed by atoms with Gasteiger partial charge in [-0.15, -0.1) is 6.58 Å². The fraction of sp³-hybridized carbons (Fsp3) is 0.125. The SMILES string of the molecule is C=CC[C@]1(c2ccccc2)C(=O)N(Cc2ccccc2)c2ccccc21. The number of nitrogens with zero attached hydrogens (tertiary/aromatic N) is 1. The number of para-hydroxylation sites is 1. The van der Waals surface area contributed by atoms with Crippen LogP contribution in [0.2, 0.25) is 0 Å². The lowest BCUT2D eigenvalue weighted by molar-refractivity contribution is -0.121. The molecule has 3 aromatic rings. The normalized spacial score (nSPS) is 18.6. The average molecular weight is 339 g/mol. The van der Waals surface area contributed by atoms with E-state index in [1.54, 1.807) is 0 Å². The van der Waals surface area contributed by atoms with Crippen molar-refractivity contribution in [3.8, 4) is 0 Å². The smallest absolute Gasteiger partial charge is 0.242 e. The fourth-order valence-corrected chi connectivity index (χ4v) is 3.98. The van der Waals surface area contributed by atoms with Gasteiger partial charge in [0, 0.05) is 5.69 Å². The highest BCUT2D eigenvalue weighted by Crippen LogP contribution is 2.48. The molecule has 1 heterocycles. The molecule has 1 aliphatic heterocycles. The third-order valence-corrected chi connectivity index (χ3v) is 5.17. The van der Waals surface area contributed by atoms with Crippen molar-refractivity contribution in [2.45, 2.75) is 18.4 Å². The summed E-state index contributed by atoms with van der Waals surface area (Å²) >= 11 is 0. The molecular formula is C24H21NO. The maximum Gasteiger partial charge on any atom is 0.242 e. The van der Waals surface area contributed by atoms with Crippen molar-refractivity contribution in [2.75, 3.05) is 4.90 Å². The molecule has 0 saturated carbocycles. The van der Waals surface area contributed by atoms with E-state index in [9.17, 15) is 4.79 Å². The second-order valence-corrected chi connectivity index (χ2v) is 6.66. The Morgan fingerprint density at radius 2 is 1.46 bits per heavy atom. The molecule has 1 atom stereocenters. The van der Waals surface area contributed by atoms with E-state index >= 15 is 0 Å². The van der Waals surface area contributed by atoms with Gasteiger partial charge < -0.3 is 4.90 Å². The summed E-state index contributed by atoms with van der Waals surface area (Å²) in [4.78, 5) is 15.7. The van der Waals surface area contributed by atoms with E-state index in [-0.39, 0.29) is 5.91 Å². The van der Waals surface area contributed by atoms with Crippen LogP contribution in [0.4, 0.5) is 5.69 Å². The van der Waals surface area contributed by atoms with Gasteiger partial charge >= 0.3 is 0 Å². The number of hydrogen-bond acceptors (Lipinski definition) is 1. The van der Waals surface area contributed by atoms with Crippen molar-refractivity contribution < 1.29 is 4.79 Å². The molecular weight excluding hydrogens is 318 g/mol. The number of carbonyl (C=O) groups excluding carboxylic acids is 1. The Bertz CT molecular complexity index is 933. The molecule has 1 amide bonds. The molecule has 0 saturated heterocycles. The van der Waals surface area contributed by atoms with Crippen LogP contribution in [0.1, 0.15) is 23.1 Å². The van der Waals surface area contributed by atoms with Crippen LogP contribution in [-0.4, -0.2) is 5.91 Å². The number of amides is 1. The molecule has 0 fully saturated rings. The van der Waals surface area contributed by atoms with Crippen LogP contribution in [0.15, 0.2) is 97.6 Å². The Morgan fingerprint density at radius 3 is 2.15 bits per heavy atom. The first-order valence-electron chi connectivity index (χ1n) is 8.89. The van der Waals surface area contributed by atoms with Crippen LogP contribution >= 0.6 is 0 Å². The average Bonchev–Trinajstić information content (AvgIpc) is 2.93. The zero-order valence-corrected chi connectivity index (χ0v) is 14.6. The zero-order valence-electron chi connectivity index (χ0n) is 14.6. The van der Waals surface area contributed by atoms with Crippen molar-refractivity contribution in [3.05, 3.63) is 114 Å². The van der Waals surface area contributed by atoms with E-state index in [0.29, 0.717) is 13.0 Å². The molecule has 128 valence electrons. The predicted molar refractivity (Wildman–Crippen MR) is 106 cm³/mol. The van der Waals surface area contributed by atoms with Gasteiger partial charge in [-0.25, -0.2) is 0 Å². The van der Waals surface area contributed by atoms with Crippen molar-refractivity contribution in [3.63, 3.8) is 0 Å². The molecule has 0 unspecified atom stereocenters. The van der Waals surface area contributed by atoms with Gasteiger partial charge in [0.15, 0.2) is 0 Å². The molecule has 4 rings (SSSR count). The minimum atomic E-state index is -0.700. The summed E-state index contributed by atoms with van der Waals surface area (Å²) in [7, 11) is 0. The highest BCUT2D eigenvalue weighted by molar-refractivity contribution is 6.10. The summed E-state index contributed by atoms with van der Waals surface area (Å²) in [6.45, 7) is 4.51. The number of carbonyl (C=O) groups is 1. The van der Waals surface area contributed by atoms with E-state index in [0.717, 1.165) is 22.4 Å². The van der Waals surface area contributed by atoms with Crippen molar-refractivity contribution in [1.82, 2.24) is 0 Å². The lowest BCUT2D eigenvalue weighted by Crippen LogP contribution is -2.40. The number of fused-ring (bicyclic) bond motifs is 1. The second kappa shape index (κ2) is 6.64. The van der Waals surface area contributed by atoms with E-state index < -0.39 is 5.41 Å². The molecule has 2 heteroatoms. The number of benzene rings is 3. The van der Waals surface area contributed by atoms with Crippen LogP contribution in [0, 0.1) is 0 Å². The van der Waals surface area contributed by atoms with Crippen LogP contribution in [-0.2, 0) is 16.8 Å². The summed E-state index contributed by atoms with van der Waals surface area (Å²) in [5.74, 6) is 0.119. The highest BCUT2D eigenvalue weighted by atomic mass is 16.2. The van der Waals surface area contributed by atoms with E-state index in [1.165, 1.54) is 0 Å². The molecule has 1 aliphatic rings. The Kier molecular flexibility index (Phi) is 4.18. The molecule has 2 nitrogen and oxygen atoms in total. The van der Waals surface area contributed by atoms with Crippen LogP contribution < -0.4 is 4.90 Å². The zero-order chi connectivity index (χ0) is 18.0.